The van der Waals surface area contributed by atoms with Gasteiger partial charge >= 0.3 is 5.63 Å². The van der Waals surface area contributed by atoms with E-state index in [-0.39, 0.29) is 6.61 Å². The average molecular weight is 323 g/mol. The lowest BCUT2D eigenvalue weighted by molar-refractivity contribution is -0.119. The molecule has 5 heteroatoms. The van der Waals surface area contributed by atoms with Gasteiger partial charge in [-0.3, -0.25) is 4.79 Å². The fraction of sp³-hybridized carbons (Fsp3) is 0.158. The summed E-state index contributed by atoms with van der Waals surface area (Å²) in [6.45, 7) is 1.76. The molecule has 1 heterocycles. The van der Waals surface area contributed by atoms with Crippen molar-refractivity contribution in [1.29, 1.82) is 0 Å². The van der Waals surface area contributed by atoms with Gasteiger partial charge in [-0.05, 0) is 29.2 Å². The minimum absolute atomic E-state index is 0.221. The molecular weight excluding hydrogens is 306 g/mol. The van der Waals surface area contributed by atoms with Crippen LogP contribution in [0.4, 0.5) is 0 Å². The third-order valence-electron chi connectivity index (χ3n) is 3.76. The number of nitrogens with two attached hydrogens (primary N) is 1. The van der Waals surface area contributed by atoms with Gasteiger partial charge in [-0.1, -0.05) is 37.3 Å². The zero-order valence-electron chi connectivity index (χ0n) is 13.2. The topological polar surface area (TPSA) is 82.5 Å². The van der Waals surface area contributed by atoms with Gasteiger partial charge in [-0.15, -0.1) is 0 Å². The van der Waals surface area contributed by atoms with Crippen LogP contribution in [-0.4, -0.2) is 12.5 Å². The summed E-state index contributed by atoms with van der Waals surface area (Å²) in [6, 6.07) is 14.7. The van der Waals surface area contributed by atoms with Crippen LogP contribution in [0.3, 0.4) is 0 Å². The van der Waals surface area contributed by atoms with Crippen LogP contribution >= 0.6 is 0 Å². The van der Waals surface area contributed by atoms with E-state index in [4.69, 9.17) is 14.9 Å². The Labute approximate surface area is 138 Å². The molecule has 122 valence electrons. The largest absolute Gasteiger partial charge is 0.483 e. The highest BCUT2D eigenvalue weighted by Crippen LogP contribution is 2.32. The number of ether oxygens (including phenoxy) is 1. The van der Waals surface area contributed by atoms with Crippen molar-refractivity contribution in [2.45, 2.75) is 13.3 Å². The first kappa shape index (κ1) is 15.8. The highest BCUT2D eigenvalue weighted by molar-refractivity contribution is 5.94. The zero-order chi connectivity index (χ0) is 17.1. The van der Waals surface area contributed by atoms with Gasteiger partial charge in [0.25, 0.3) is 5.91 Å². The van der Waals surface area contributed by atoms with E-state index in [0.29, 0.717) is 17.8 Å². The Morgan fingerprint density at radius 1 is 1.17 bits per heavy atom. The van der Waals surface area contributed by atoms with Crippen LogP contribution in [0.1, 0.15) is 12.5 Å². The first-order valence-corrected chi connectivity index (χ1v) is 7.65. The van der Waals surface area contributed by atoms with Crippen LogP contribution < -0.4 is 16.1 Å². The highest BCUT2D eigenvalue weighted by atomic mass is 16.5. The monoisotopic (exact) mass is 323 g/mol. The van der Waals surface area contributed by atoms with Crippen LogP contribution in [0.25, 0.3) is 22.1 Å². The molecule has 24 heavy (non-hydrogen) atoms. The van der Waals surface area contributed by atoms with Gasteiger partial charge in [0.2, 0.25) is 0 Å². The number of fused-ring (bicyclic) bond motifs is 1. The maximum Gasteiger partial charge on any atom is 0.336 e. The summed E-state index contributed by atoms with van der Waals surface area (Å²) in [5.74, 6) is -0.0613. The van der Waals surface area contributed by atoms with Crippen LogP contribution in [-0.2, 0) is 11.2 Å². The summed E-state index contributed by atoms with van der Waals surface area (Å²) in [4.78, 5) is 22.9. The van der Waals surface area contributed by atoms with Gasteiger partial charge in [0.15, 0.2) is 6.61 Å². The molecule has 3 rings (SSSR count). The van der Waals surface area contributed by atoms with Crippen molar-refractivity contribution >= 4 is 16.9 Å². The number of primary amides is 1. The third kappa shape index (κ3) is 3.15. The summed E-state index contributed by atoms with van der Waals surface area (Å²) >= 11 is 0. The Hall–Kier alpha value is -3.08. The molecule has 2 N–H and O–H groups in total. The lowest BCUT2D eigenvalue weighted by Gasteiger charge is -2.12. The van der Waals surface area contributed by atoms with Gasteiger partial charge in [0.05, 0.1) is 0 Å². The summed E-state index contributed by atoms with van der Waals surface area (Å²) < 4.78 is 10.8. The number of benzene rings is 2. The Morgan fingerprint density at radius 2 is 1.92 bits per heavy atom. The maximum absolute atomic E-state index is 11.9. The summed E-state index contributed by atoms with van der Waals surface area (Å²) in [6.07, 6.45) is 0.706. The second-order valence-electron chi connectivity index (χ2n) is 5.41. The lowest BCUT2D eigenvalue weighted by Crippen LogP contribution is -2.20. The van der Waals surface area contributed by atoms with Crippen molar-refractivity contribution in [2.24, 2.45) is 5.73 Å². The number of hydrogen-bond acceptors (Lipinski definition) is 4. The molecule has 0 saturated carbocycles. The fourth-order valence-electron chi connectivity index (χ4n) is 2.65. The van der Waals surface area contributed by atoms with E-state index in [1.54, 1.807) is 6.07 Å². The fourth-order valence-corrected chi connectivity index (χ4v) is 2.65. The predicted molar refractivity (Wildman–Crippen MR) is 92.0 cm³/mol. The van der Waals surface area contributed by atoms with E-state index in [2.05, 4.69) is 0 Å². The second-order valence-corrected chi connectivity index (χ2v) is 5.41. The number of hydrogen-bond donors (Lipinski definition) is 1. The SMILES string of the molecule is CCc1cc2c(-c3ccccc3)cc(=O)oc2cc1OCC(N)=O. The van der Waals surface area contributed by atoms with Crippen molar-refractivity contribution in [3.8, 4) is 16.9 Å². The van der Waals surface area contributed by atoms with E-state index < -0.39 is 11.5 Å². The minimum Gasteiger partial charge on any atom is -0.483 e. The summed E-state index contributed by atoms with van der Waals surface area (Å²) in [5, 5.41) is 0.823. The molecule has 0 atom stereocenters. The molecule has 0 aliphatic rings. The standard InChI is InChI=1S/C19H17NO4/c1-2-12-8-15-14(13-6-4-3-5-7-13)9-19(22)24-17(15)10-16(12)23-11-18(20)21/h3-10H,2,11H2,1H3,(H2,20,21). The Morgan fingerprint density at radius 3 is 2.58 bits per heavy atom. The third-order valence-corrected chi connectivity index (χ3v) is 3.76. The molecule has 1 aromatic heterocycles. The van der Waals surface area contributed by atoms with Crippen molar-refractivity contribution in [3.05, 3.63) is 64.5 Å². The van der Waals surface area contributed by atoms with E-state index in [1.165, 1.54) is 6.07 Å². The van der Waals surface area contributed by atoms with E-state index in [0.717, 1.165) is 22.1 Å². The molecule has 0 radical (unpaired) electrons. The summed E-state index contributed by atoms with van der Waals surface area (Å²) in [5.41, 5.74) is 7.76. The van der Waals surface area contributed by atoms with Gasteiger partial charge in [0.1, 0.15) is 11.3 Å². The van der Waals surface area contributed by atoms with E-state index >= 15 is 0 Å². The molecule has 0 unspecified atom stereocenters. The normalized spacial score (nSPS) is 10.7. The molecule has 5 nitrogen and oxygen atoms in total. The van der Waals surface area contributed by atoms with E-state index in [1.807, 2.05) is 43.3 Å². The Kier molecular flexibility index (Phi) is 4.33. The predicted octanol–water partition coefficient (Wildman–Crippen LogP) is 2.89. The minimum atomic E-state index is -0.559. The van der Waals surface area contributed by atoms with Gasteiger partial charge in [-0.2, -0.15) is 0 Å². The molecule has 0 aliphatic heterocycles. The zero-order valence-corrected chi connectivity index (χ0v) is 13.2. The van der Waals surface area contributed by atoms with Gasteiger partial charge in [-0.25, -0.2) is 4.79 Å². The Bertz CT molecular complexity index is 945. The number of amides is 1. The van der Waals surface area contributed by atoms with Crippen LogP contribution in [0.2, 0.25) is 0 Å². The smallest absolute Gasteiger partial charge is 0.336 e. The molecule has 0 saturated heterocycles. The first-order chi connectivity index (χ1) is 11.6. The van der Waals surface area contributed by atoms with E-state index in [9.17, 15) is 9.59 Å². The molecule has 0 fully saturated rings. The molecule has 0 aliphatic carbocycles. The van der Waals surface area contributed by atoms with Gasteiger partial charge < -0.3 is 14.9 Å². The molecular formula is C19H17NO4. The van der Waals surface area contributed by atoms with Crippen LogP contribution in [0.5, 0.6) is 5.75 Å². The first-order valence-electron chi connectivity index (χ1n) is 7.65. The quantitative estimate of drug-likeness (QED) is 0.732. The molecule has 0 bridgehead atoms. The van der Waals surface area contributed by atoms with Gasteiger partial charge in [0, 0.05) is 17.5 Å². The van der Waals surface area contributed by atoms with Crippen molar-refractivity contribution in [2.75, 3.05) is 6.61 Å². The lowest BCUT2D eigenvalue weighted by atomic mass is 9.99. The number of carbonyl (C=O) groups excluding carboxylic acids is 1. The molecule has 0 spiro atoms. The molecule has 1 amide bonds. The second kappa shape index (κ2) is 6.58. The van der Waals surface area contributed by atoms with Crippen LogP contribution in [0.15, 0.2) is 57.7 Å². The molecule has 2 aromatic carbocycles. The number of rotatable bonds is 5. The number of aryl methyl sites for hydroxylation is 1. The average Bonchev–Trinajstić information content (AvgIpc) is 2.59. The maximum atomic E-state index is 11.9. The highest BCUT2D eigenvalue weighted by Gasteiger charge is 2.13. The van der Waals surface area contributed by atoms with Crippen molar-refractivity contribution in [3.63, 3.8) is 0 Å². The Balaban J connectivity index is 2.21. The molecule has 3 aromatic rings. The number of carbonyl (C=O) groups is 1. The van der Waals surface area contributed by atoms with Crippen molar-refractivity contribution < 1.29 is 13.9 Å². The van der Waals surface area contributed by atoms with Crippen LogP contribution in [0, 0.1) is 0 Å². The van der Waals surface area contributed by atoms with Crippen molar-refractivity contribution in [1.82, 2.24) is 0 Å². The summed E-state index contributed by atoms with van der Waals surface area (Å²) in [7, 11) is 0.